The van der Waals surface area contributed by atoms with Crippen LogP contribution >= 0.6 is 11.3 Å². The first kappa shape index (κ1) is 25.4. The molecule has 0 aliphatic carbocycles. The SMILES string of the molecule is CCOc1ccc(N(C(=O)Cn2nnc3ccccc32)[C@@H](C(=O)NCCC(C)C)c2cccs2)cc1. The maximum atomic E-state index is 13.9. The second kappa shape index (κ2) is 11.8. The van der Waals surface area contributed by atoms with E-state index in [1.165, 1.54) is 11.3 Å². The Morgan fingerprint density at radius 1 is 1.08 bits per heavy atom. The van der Waals surface area contributed by atoms with Crippen LogP contribution in [0.1, 0.15) is 38.1 Å². The summed E-state index contributed by atoms with van der Waals surface area (Å²) >= 11 is 1.45. The highest BCUT2D eigenvalue weighted by Crippen LogP contribution is 2.32. The molecule has 8 nitrogen and oxygen atoms in total. The molecule has 36 heavy (non-hydrogen) atoms. The van der Waals surface area contributed by atoms with E-state index in [4.69, 9.17) is 4.74 Å². The molecule has 1 N–H and O–H groups in total. The molecule has 9 heteroatoms. The van der Waals surface area contributed by atoms with Crippen molar-refractivity contribution in [3.63, 3.8) is 0 Å². The number of benzene rings is 2. The molecule has 0 radical (unpaired) electrons. The number of anilines is 1. The van der Waals surface area contributed by atoms with Crippen LogP contribution in [0.5, 0.6) is 5.75 Å². The number of carbonyl (C=O) groups excluding carboxylic acids is 2. The summed E-state index contributed by atoms with van der Waals surface area (Å²) in [6.45, 7) is 7.16. The summed E-state index contributed by atoms with van der Waals surface area (Å²) in [5.74, 6) is 0.663. The molecule has 188 valence electrons. The molecule has 0 aliphatic heterocycles. The predicted molar refractivity (Wildman–Crippen MR) is 142 cm³/mol. The standard InChI is InChI=1S/C27H31N5O3S/c1-4-35-21-13-11-20(12-14-21)32(25(33)18-31-23-9-6-5-8-22(23)29-30-31)26(24-10-7-17-36-24)27(34)28-16-15-19(2)3/h5-14,17,19,26H,4,15-16,18H2,1-3H3,(H,28,34)/t26-/m1/s1. The van der Waals surface area contributed by atoms with Crippen molar-refractivity contribution in [3.8, 4) is 5.75 Å². The maximum absolute atomic E-state index is 13.9. The second-order valence-electron chi connectivity index (χ2n) is 8.82. The molecular weight excluding hydrogens is 474 g/mol. The summed E-state index contributed by atoms with van der Waals surface area (Å²) in [7, 11) is 0. The smallest absolute Gasteiger partial charge is 0.249 e. The average molecular weight is 506 g/mol. The molecule has 0 bridgehead atoms. The highest BCUT2D eigenvalue weighted by atomic mass is 32.1. The number of ether oxygens (including phenoxy) is 1. The lowest BCUT2D eigenvalue weighted by molar-refractivity contribution is -0.126. The third-order valence-corrected chi connectivity index (χ3v) is 6.66. The summed E-state index contributed by atoms with van der Waals surface area (Å²) < 4.78 is 7.16. The number of amides is 2. The van der Waals surface area contributed by atoms with Crippen molar-refractivity contribution >= 4 is 39.9 Å². The molecule has 4 aromatic rings. The Hall–Kier alpha value is -3.72. The van der Waals surface area contributed by atoms with Gasteiger partial charge in [-0.25, -0.2) is 4.68 Å². The average Bonchev–Trinajstić information content (AvgIpc) is 3.54. The van der Waals surface area contributed by atoms with Gasteiger partial charge < -0.3 is 10.1 Å². The number of nitrogens with zero attached hydrogens (tertiary/aromatic N) is 4. The summed E-state index contributed by atoms with van der Waals surface area (Å²) in [6, 6.07) is 17.7. The van der Waals surface area contributed by atoms with Gasteiger partial charge in [0.15, 0.2) is 0 Å². The maximum Gasteiger partial charge on any atom is 0.249 e. The molecule has 0 spiro atoms. The Kier molecular flexibility index (Phi) is 8.32. The van der Waals surface area contributed by atoms with Gasteiger partial charge in [-0.05, 0) is 67.1 Å². The number of nitrogens with one attached hydrogen (secondary N) is 1. The van der Waals surface area contributed by atoms with E-state index in [1.807, 2.05) is 73.0 Å². The number of para-hydroxylation sites is 1. The third-order valence-electron chi connectivity index (χ3n) is 5.74. The van der Waals surface area contributed by atoms with Crippen LogP contribution < -0.4 is 15.0 Å². The van der Waals surface area contributed by atoms with Crippen LogP contribution in [0.15, 0.2) is 66.0 Å². The van der Waals surface area contributed by atoms with Crippen molar-refractivity contribution < 1.29 is 14.3 Å². The lowest BCUT2D eigenvalue weighted by Gasteiger charge is -2.31. The van der Waals surface area contributed by atoms with Crippen LogP contribution in [0.3, 0.4) is 0 Å². The molecule has 0 saturated carbocycles. The van der Waals surface area contributed by atoms with Gasteiger partial charge in [0.05, 0.1) is 12.1 Å². The Morgan fingerprint density at radius 3 is 2.56 bits per heavy atom. The molecule has 2 amide bonds. The minimum absolute atomic E-state index is 0.0606. The minimum atomic E-state index is -0.822. The van der Waals surface area contributed by atoms with E-state index in [0.717, 1.165) is 16.8 Å². The molecule has 1 atom stereocenters. The van der Waals surface area contributed by atoms with Gasteiger partial charge in [-0.1, -0.05) is 37.3 Å². The number of aromatic nitrogens is 3. The number of thiophene rings is 1. The summed E-state index contributed by atoms with van der Waals surface area (Å²) in [6.07, 6.45) is 0.852. The van der Waals surface area contributed by atoms with Gasteiger partial charge in [0.25, 0.3) is 0 Å². The third kappa shape index (κ3) is 5.91. The Labute approximate surface area is 214 Å². The van der Waals surface area contributed by atoms with E-state index in [2.05, 4.69) is 29.5 Å². The van der Waals surface area contributed by atoms with Crippen molar-refractivity contribution in [2.45, 2.75) is 39.8 Å². The van der Waals surface area contributed by atoms with Crippen molar-refractivity contribution in [3.05, 3.63) is 70.9 Å². The van der Waals surface area contributed by atoms with Crippen molar-refractivity contribution in [1.82, 2.24) is 20.3 Å². The van der Waals surface area contributed by atoms with E-state index in [1.54, 1.807) is 9.58 Å². The van der Waals surface area contributed by atoms with Gasteiger partial charge in [0.1, 0.15) is 23.9 Å². The molecule has 0 aliphatic rings. The lowest BCUT2D eigenvalue weighted by atomic mass is 10.1. The van der Waals surface area contributed by atoms with Gasteiger partial charge >= 0.3 is 0 Å². The van der Waals surface area contributed by atoms with Crippen LogP contribution in [0, 0.1) is 5.92 Å². The number of hydrogen-bond acceptors (Lipinski definition) is 6. The number of fused-ring (bicyclic) bond motifs is 1. The Morgan fingerprint density at radius 2 is 1.86 bits per heavy atom. The zero-order valence-electron chi connectivity index (χ0n) is 20.8. The van der Waals surface area contributed by atoms with Crippen LogP contribution in [0.25, 0.3) is 11.0 Å². The fraction of sp³-hybridized carbons (Fsp3) is 0.333. The summed E-state index contributed by atoms with van der Waals surface area (Å²) in [4.78, 5) is 29.8. The van der Waals surface area contributed by atoms with Gasteiger partial charge in [-0.2, -0.15) is 0 Å². The van der Waals surface area contributed by atoms with Crippen LogP contribution in [0.2, 0.25) is 0 Å². The molecule has 0 saturated heterocycles. The molecule has 0 unspecified atom stereocenters. The van der Waals surface area contributed by atoms with Crippen molar-refractivity contribution in [1.29, 1.82) is 0 Å². The van der Waals surface area contributed by atoms with Crippen molar-refractivity contribution in [2.24, 2.45) is 5.92 Å². The fourth-order valence-electron chi connectivity index (χ4n) is 3.95. The number of hydrogen-bond donors (Lipinski definition) is 1. The van der Waals surface area contributed by atoms with Gasteiger partial charge in [-0.3, -0.25) is 14.5 Å². The first-order valence-electron chi connectivity index (χ1n) is 12.1. The van der Waals surface area contributed by atoms with Gasteiger partial charge in [0, 0.05) is 17.1 Å². The second-order valence-corrected chi connectivity index (χ2v) is 9.80. The molecule has 2 aromatic carbocycles. The van der Waals surface area contributed by atoms with E-state index >= 15 is 0 Å². The molecule has 2 aromatic heterocycles. The topological polar surface area (TPSA) is 89.3 Å². The van der Waals surface area contributed by atoms with Crippen LogP contribution in [0.4, 0.5) is 5.69 Å². The largest absolute Gasteiger partial charge is 0.494 e. The molecule has 4 rings (SSSR count). The molecular formula is C27H31N5O3S. The van der Waals surface area contributed by atoms with Gasteiger partial charge in [0.2, 0.25) is 11.8 Å². The highest BCUT2D eigenvalue weighted by Gasteiger charge is 2.34. The Balaban J connectivity index is 1.71. The highest BCUT2D eigenvalue weighted by molar-refractivity contribution is 7.10. The quantitative estimate of drug-likeness (QED) is 0.315. The summed E-state index contributed by atoms with van der Waals surface area (Å²) in [5, 5.41) is 13.3. The van der Waals surface area contributed by atoms with E-state index in [-0.39, 0.29) is 18.4 Å². The Bertz CT molecular complexity index is 1280. The van der Waals surface area contributed by atoms with Crippen molar-refractivity contribution in [2.75, 3.05) is 18.1 Å². The lowest BCUT2D eigenvalue weighted by Crippen LogP contribution is -2.45. The number of rotatable bonds is 11. The minimum Gasteiger partial charge on any atom is -0.494 e. The predicted octanol–water partition coefficient (Wildman–Crippen LogP) is 4.83. The zero-order valence-corrected chi connectivity index (χ0v) is 21.6. The zero-order chi connectivity index (χ0) is 25.5. The van der Waals surface area contributed by atoms with E-state index < -0.39 is 6.04 Å². The first-order chi connectivity index (χ1) is 17.5. The van der Waals surface area contributed by atoms with E-state index in [9.17, 15) is 9.59 Å². The van der Waals surface area contributed by atoms with Crippen LogP contribution in [-0.4, -0.2) is 40.0 Å². The van der Waals surface area contributed by atoms with E-state index in [0.29, 0.717) is 36.0 Å². The first-order valence-corrected chi connectivity index (χ1v) is 13.0. The summed E-state index contributed by atoms with van der Waals surface area (Å²) in [5.41, 5.74) is 2.07. The monoisotopic (exact) mass is 505 g/mol. The normalized spacial score (nSPS) is 12.0. The number of carbonyl (C=O) groups is 2. The molecule has 2 heterocycles. The molecule has 0 fully saturated rings. The van der Waals surface area contributed by atoms with Crippen LogP contribution in [-0.2, 0) is 16.1 Å². The van der Waals surface area contributed by atoms with Gasteiger partial charge in [-0.15, -0.1) is 16.4 Å². The fourth-order valence-corrected chi connectivity index (χ4v) is 4.76.